The van der Waals surface area contributed by atoms with Crippen LogP contribution in [-0.4, -0.2) is 30.0 Å². The lowest BCUT2D eigenvalue weighted by atomic mass is 10.2. The summed E-state index contributed by atoms with van der Waals surface area (Å²) in [5, 5.41) is 18.7. The van der Waals surface area contributed by atoms with E-state index in [0.29, 0.717) is 0 Å². The predicted octanol–water partition coefficient (Wildman–Crippen LogP) is 1.49. The Hall–Kier alpha value is -2.70. The number of benzene rings is 1. The van der Waals surface area contributed by atoms with Crippen LogP contribution >= 0.6 is 0 Å². The molecule has 0 saturated heterocycles. The van der Waals surface area contributed by atoms with Crippen molar-refractivity contribution >= 4 is 5.69 Å². The van der Waals surface area contributed by atoms with Crippen molar-refractivity contribution < 1.29 is 0 Å². The van der Waals surface area contributed by atoms with Gasteiger partial charge in [-0.05, 0) is 41.6 Å². The van der Waals surface area contributed by atoms with Crippen LogP contribution in [0.4, 0.5) is 5.69 Å². The fourth-order valence-electron chi connectivity index (χ4n) is 1.89. The molecule has 0 aliphatic carbocycles. The fraction of sp³-hybridized carbons (Fsp3) is 0.231. The van der Waals surface area contributed by atoms with E-state index >= 15 is 0 Å². The van der Waals surface area contributed by atoms with Gasteiger partial charge in [0, 0.05) is 30.5 Å². The van der Waals surface area contributed by atoms with Crippen LogP contribution in [0.25, 0.3) is 5.69 Å². The topological polar surface area (TPSA) is 73.5 Å². The molecule has 0 radical (unpaired) electrons. The predicted molar refractivity (Wildman–Crippen MR) is 74.4 cm³/mol. The van der Waals surface area contributed by atoms with Crippen LogP contribution in [0.5, 0.6) is 0 Å². The van der Waals surface area contributed by atoms with E-state index in [0.717, 1.165) is 30.0 Å². The monoisotopic (exact) mass is 269 g/mol. The van der Waals surface area contributed by atoms with Gasteiger partial charge < -0.3 is 5.32 Å². The third-order valence-electron chi connectivity index (χ3n) is 2.99. The molecule has 0 amide bonds. The second-order valence-corrected chi connectivity index (χ2v) is 4.36. The van der Waals surface area contributed by atoms with Gasteiger partial charge in [0.15, 0.2) is 0 Å². The molecule has 1 aromatic carbocycles. The quantitative estimate of drug-likeness (QED) is 0.759. The molecule has 3 aromatic rings. The molecule has 20 heavy (non-hydrogen) atoms. The lowest BCUT2D eigenvalue weighted by Crippen LogP contribution is -2.00. The first-order chi connectivity index (χ1) is 9.85. The smallest absolute Gasteiger partial charge is 0.143 e. The molecule has 0 saturated carbocycles. The van der Waals surface area contributed by atoms with Gasteiger partial charge in [0.05, 0.1) is 11.9 Å². The number of tetrazole rings is 1. The number of anilines is 1. The molecule has 7 heteroatoms. The first kappa shape index (κ1) is 12.3. The molecule has 0 aliphatic rings. The summed E-state index contributed by atoms with van der Waals surface area (Å²) in [6.45, 7) is 3.72. The average molecular weight is 269 g/mol. The summed E-state index contributed by atoms with van der Waals surface area (Å²) in [7, 11) is 0. The zero-order chi connectivity index (χ0) is 13.8. The van der Waals surface area contributed by atoms with Gasteiger partial charge in [-0.25, -0.2) is 4.68 Å². The van der Waals surface area contributed by atoms with Crippen molar-refractivity contribution in [2.45, 2.75) is 20.0 Å². The first-order valence-electron chi connectivity index (χ1n) is 6.44. The lowest BCUT2D eigenvalue weighted by Gasteiger charge is -2.05. The summed E-state index contributed by atoms with van der Waals surface area (Å²) < 4.78 is 3.53. The van der Waals surface area contributed by atoms with Gasteiger partial charge in [0.1, 0.15) is 6.33 Å². The average Bonchev–Trinajstić information content (AvgIpc) is 3.17. The van der Waals surface area contributed by atoms with E-state index < -0.39 is 0 Å². The van der Waals surface area contributed by atoms with Crippen LogP contribution < -0.4 is 5.32 Å². The van der Waals surface area contributed by atoms with Gasteiger partial charge in [-0.3, -0.25) is 4.68 Å². The van der Waals surface area contributed by atoms with Gasteiger partial charge in [0.2, 0.25) is 0 Å². The molecule has 102 valence electrons. The Balaban J connectivity index is 1.63. The molecule has 3 rings (SSSR count). The second kappa shape index (κ2) is 5.52. The van der Waals surface area contributed by atoms with Crippen LogP contribution in [0.2, 0.25) is 0 Å². The summed E-state index contributed by atoms with van der Waals surface area (Å²) >= 11 is 0. The summed E-state index contributed by atoms with van der Waals surface area (Å²) in [6, 6.07) is 7.94. The number of aryl methyl sites for hydroxylation is 1. The number of hydrogen-bond acceptors (Lipinski definition) is 5. The molecule has 0 spiro atoms. The van der Waals surface area contributed by atoms with Crippen molar-refractivity contribution in [3.8, 4) is 5.69 Å². The Morgan fingerprint density at radius 1 is 1.20 bits per heavy atom. The Bertz CT molecular complexity index is 654. The number of aromatic nitrogens is 6. The maximum Gasteiger partial charge on any atom is 0.143 e. The van der Waals surface area contributed by atoms with Crippen LogP contribution in [0, 0.1) is 0 Å². The standard InChI is InChI=1S/C13H15N7/c1-2-19-9-11(8-16-19)7-14-12-3-5-13(6-4-12)20-10-15-17-18-20/h3-6,8-10,14H,2,7H2,1H3. The molecular weight excluding hydrogens is 254 g/mol. The van der Waals surface area contributed by atoms with Crippen LogP contribution in [0.1, 0.15) is 12.5 Å². The number of nitrogens with zero attached hydrogens (tertiary/aromatic N) is 6. The molecule has 2 aromatic heterocycles. The molecule has 0 aliphatic heterocycles. The Morgan fingerprint density at radius 3 is 2.70 bits per heavy atom. The molecule has 0 atom stereocenters. The minimum Gasteiger partial charge on any atom is -0.381 e. The molecule has 7 nitrogen and oxygen atoms in total. The van der Waals surface area contributed by atoms with Gasteiger partial charge in [-0.15, -0.1) is 5.10 Å². The summed E-state index contributed by atoms with van der Waals surface area (Å²) in [5.41, 5.74) is 3.14. The van der Waals surface area contributed by atoms with E-state index in [1.165, 1.54) is 0 Å². The molecule has 2 heterocycles. The van der Waals surface area contributed by atoms with E-state index in [4.69, 9.17) is 0 Å². The highest BCUT2D eigenvalue weighted by atomic mass is 15.5. The molecule has 0 unspecified atom stereocenters. The van der Waals surface area contributed by atoms with Gasteiger partial charge in [0.25, 0.3) is 0 Å². The normalized spacial score (nSPS) is 10.7. The third kappa shape index (κ3) is 2.66. The Labute approximate surface area is 116 Å². The maximum atomic E-state index is 4.25. The van der Waals surface area contributed by atoms with Gasteiger partial charge in [-0.1, -0.05) is 0 Å². The molecule has 1 N–H and O–H groups in total. The van der Waals surface area contributed by atoms with E-state index in [9.17, 15) is 0 Å². The van der Waals surface area contributed by atoms with E-state index in [-0.39, 0.29) is 0 Å². The second-order valence-electron chi connectivity index (χ2n) is 4.36. The van der Waals surface area contributed by atoms with E-state index in [1.54, 1.807) is 11.0 Å². The highest BCUT2D eigenvalue weighted by Crippen LogP contribution is 2.13. The fourth-order valence-corrected chi connectivity index (χ4v) is 1.89. The number of hydrogen-bond donors (Lipinski definition) is 1. The van der Waals surface area contributed by atoms with Gasteiger partial charge in [-0.2, -0.15) is 5.10 Å². The van der Waals surface area contributed by atoms with Crippen molar-refractivity contribution in [1.29, 1.82) is 0 Å². The molecule has 0 fully saturated rings. The molecule has 0 bridgehead atoms. The largest absolute Gasteiger partial charge is 0.381 e. The SMILES string of the molecule is CCn1cc(CNc2ccc(-n3cnnn3)cc2)cn1. The first-order valence-corrected chi connectivity index (χ1v) is 6.44. The van der Waals surface area contributed by atoms with Crippen molar-refractivity contribution in [3.63, 3.8) is 0 Å². The lowest BCUT2D eigenvalue weighted by molar-refractivity contribution is 0.659. The van der Waals surface area contributed by atoms with Crippen LogP contribution in [-0.2, 0) is 13.1 Å². The highest BCUT2D eigenvalue weighted by Gasteiger charge is 2.00. The minimum absolute atomic E-state index is 0.754. The van der Waals surface area contributed by atoms with E-state index in [2.05, 4.69) is 32.9 Å². The Kier molecular flexibility index (Phi) is 3.40. The van der Waals surface area contributed by atoms with Crippen LogP contribution in [0.15, 0.2) is 43.0 Å². The van der Waals surface area contributed by atoms with E-state index in [1.807, 2.05) is 41.3 Å². The van der Waals surface area contributed by atoms with Crippen LogP contribution in [0.3, 0.4) is 0 Å². The number of rotatable bonds is 5. The summed E-state index contributed by atoms with van der Waals surface area (Å²) in [5.74, 6) is 0. The zero-order valence-corrected chi connectivity index (χ0v) is 11.1. The minimum atomic E-state index is 0.754. The Morgan fingerprint density at radius 2 is 2.05 bits per heavy atom. The zero-order valence-electron chi connectivity index (χ0n) is 11.1. The van der Waals surface area contributed by atoms with Crippen molar-refractivity contribution in [1.82, 2.24) is 30.0 Å². The number of nitrogens with one attached hydrogen (secondary N) is 1. The van der Waals surface area contributed by atoms with Crippen molar-refractivity contribution in [3.05, 3.63) is 48.5 Å². The van der Waals surface area contributed by atoms with Crippen molar-refractivity contribution in [2.24, 2.45) is 0 Å². The summed E-state index contributed by atoms with van der Waals surface area (Å²) in [6.07, 6.45) is 5.50. The highest BCUT2D eigenvalue weighted by molar-refractivity contribution is 5.48. The maximum absolute atomic E-state index is 4.25. The molecular formula is C13H15N7. The summed E-state index contributed by atoms with van der Waals surface area (Å²) in [4.78, 5) is 0. The third-order valence-corrected chi connectivity index (χ3v) is 2.99. The van der Waals surface area contributed by atoms with Crippen molar-refractivity contribution in [2.75, 3.05) is 5.32 Å². The van der Waals surface area contributed by atoms with Gasteiger partial charge >= 0.3 is 0 Å².